The van der Waals surface area contributed by atoms with Gasteiger partial charge in [0.2, 0.25) is 0 Å². The van der Waals surface area contributed by atoms with Gasteiger partial charge in [-0.15, -0.1) is 0 Å². The minimum absolute atomic E-state index is 0.256. The van der Waals surface area contributed by atoms with Gasteiger partial charge in [-0.2, -0.15) is 4.99 Å². The van der Waals surface area contributed by atoms with Crippen LogP contribution in [-0.2, 0) is 4.79 Å². The zero-order valence-corrected chi connectivity index (χ0v) is 19.0. The molecule has 3 rings (SSSR count). The molecular weight excluding hydrogens is 452 g/mol. The molecule has 0 spiro atoms. The largest absolute Gasteiger partial charge is 0.490 e. The Balaban J connectivity index is 1.67. The molecule has 2 aromatic carbocycles. The maximum Gasteiger partial charge on any atom is 0.286 e. The second-order valence-electron chi connectivity index (χ2n) is 6.94. The van der Waals surface area contributed by atoms with Crippen molar-refractivity contribution in [3.63, 3.8) is 0 Å². The number of rotatable bonds is 7. The van der Waals surface area contributed by atoms with E-state index in [9.17, 15) is 4.79 Å². The zero-order valence-electron chi connectivity index (χ0n) is 16.6. The second kappa shape index (κ2) is 9.50. The van der Waals surface area contributed by atoms with Gasteiger partial charge in [-0.1, -0.05) is 41.9 Å². The van der Waals surface area contributed by atoms with Crippen LogP contribution < -0.4 is 15.2 Å². The van der Waals surface area contributed by atoms with Crippen molar-refractivity contribution in [3.05, 3.63) is 62.5 Å². The first kappa shape index (κ1) is 21.5. The van der Waals surface area contributed by atoms with Gasteiger partial charge in [0, 0.05) is 10.0 Å². The van der Waals surface area contributed by atoms with Crippen molar-refractivity contribution in [2.75, 3.05) is 13.2 Å². The predicted molar refractivity (Wildman–Crippen MR) is 123 cm³/mol. The summed E-state index contributed by atoms with van der Waals surface area (Å²) in [6.45, 7) is 7.14. The zero-order chi connectivity index (χ0) is 21.0. The Morgan fingerprint density at radius 2 is 1.86 bits per heavy atom. The lowest BCUT2D eigenvalue weighted by molar-refractivity contribution is -0.113. The van der Waals surface area contributed by atoms with Gasteiger partial charge in [0.25, 0.3) is 5.91 Å². The van der Waals surface area contributed by atoms with Crippen molar-refractivity contribution in [3.8, 4) is 11.5 Å². The summed E-state index contributed by atoms with van der Waals surface area (Å²) in [5.74, 6) is 1.61. The average Bonchev–Trinajstić information content (AvgIpc) is 2.97. The van der Waals surface area contributed by atoms with Crippen LogP contribution in [0.1, 0.15) is 36.5 Å². The quantitative estimate of drug-likeness (QED) is 0.437. The van der Waals surface area contributed by atoms with Crippen molar-refractivity contribution in [1.82, 2.24) is 0 Å². The van der Waals surface area contributed by atoms with Crippen LogP contribution in [0.5, 0.6) is 11.5 Å². The van der Waals surface area contributed by atoms with Gasteiger partial charge in [0.05, 0.1) is 4.91 Å². The standard InChI is InChI=1S/C22H23BrN2O3S/c1-13(2)17-6-4-14(3)10-19(17)28-9-8-27-18-7-5-16(23)11-15(18)12-20-21(26)25-22(24)29-20/h4-7,10-13H,8-9H2,1-3H3,(H2,24,25,26)/b20-12+. The Hall–Kier alpha value is -2.25. The van der Waals surface area contributed by atoms with Crippen LogP contribution in [0.15, 0.2) is 50.8 Å². The number of thioether (sulfide) groups is 1. The number of carbonyl (C=O) groups is 1. The minimum Gasteiger partial charge on any atom is -0.490 e. The molecule has 1 aliphatic heterocycles. The van der Waals surface area contributed by atoms with Crippen molar-refractivity contribution >= 4 is 44.8 Å². The summed E-state index contributed by atoms with van der Waals surface area (Å²) in [7, 11) is 0. The molecule has 0 unspecified atom stereocenters. The third-order valence-electron chi connectivity index (χ3n) is 4.29. The van der Waals surface area contributed by atoms with E-state index in [1.807, 2.05) is 25.1 Å². The lowest BCUT2D eigenvalue weighted by atomic mass is 10.0. The number of amidine groups is 1. The van der Waals surface area contributed by atoms with Crippen LogP contribution in [0.3, 0.4) is 0 Å². The van der Waals surface area contributed by atoms with Crippen LogP contribution in [0.2, 0.25) is 0 Å². The Kier molecular flexibility index (Phi) is 7.03. The number of aliphatic imine (C=N–C) groups is 1. The topological polar surface area (TPSA) is 73.9 Å². The van der Waals surface area contributed by atoms with Gasteiger partial charge in [0.1, 0.15) is 24.7 Å². The maximum atomic E-state index is 11.9. The number of carbonyl (C=O) groups excluding carboxylic acids is 1. The number of benzene rings is 2. The highest BCUT2D eigenvalue weighted by Crippen LogP contribution is 2.31. The molecule has 0 atom stereocenters. The molecule has 0 fully saturated rings. The smallest absolute Gasteiger partial charge is 0.286 e. The molecule has 0 saturated carbocycles. The number of hydrogen-bond acceptors (Lipinski definition) is 5. The Morgan fingerprint density at radius 1 is 1.14 bits per heavy atom. The highest BCUT2D eigenvalue weighted by atomic mass is 79.9. The van der Waals surface area contributed by atoms with E-state index in [0.717, 1.165) is 33.1 Å². The first-order valence-electron chi connectivity index (χ1n) is 9.27. The van der Waals surface area contributed by atoms with E-state index in [4.69, 9.17) is 15.2 Å². The van der Waals surface area contributed by atoms with Crippen molar-refractivity contribution in [2.24, 2.45) is 10.7 Å². The molecule has 0 bridgehead atoms. The fourth-order valence-corrected chi connectivity index (χ4v) is 3.93. The summed E-state index contributed by atoms with van der Waals surface area (Å²) in [5, 5.41) is 0.256. The SMILES string of the molecule is Cc1ccc(C(C)C)c(OCCOc2ccc(Br)cc2/C=C2/SC(N)=NC2=O)c1. The molecule has 0 radical (unpaired) electrons. The van der Waals surface area contributed by atoms with Crippen LogP contribution >= 0.6 is 27.7 Å². The highest BCUT2D eigenvalue weighted by Gasteiger charge is 2.20. The molecule has 0 saturated heterocycles. The summed E-state index contributed by atoms with van der Waals surface area (Å²) < 4.78 is 12.8. The maximum absolute atomic E-state index is 11.9. The first-order valence-corrected chi connectivity index (χ1v) is 10.9. The summed E-state index contributed by atoms with van der Waals surface area (Å²) in [5.41, 5.74) is 8.74. The molecule has 1 aliphatic rings. The van der Waals surface area contributed by atoms with Gasteiger partial charge < -0.3 is 15.2 Å². The van der Waals surface area contributed by atoms with Crippen molar-refractivity contribution in [2.45, 2.75) is 26.7 Å². The predicted octanol–water partition coefficient (Wildman–Crippen LogP) is 5.27. The number of amides is 1. The van der Waals surface area contributed by atoms with Gasteiger partial charge in [-0.05, 0) is 66.1 Å². The third-order valence-corrected chi connectivity index (χ3v) is 5.59. The van der Waals surface area contributed by atoms with E-state index in [0.29, 0.717) is 29.8 Å². The van der Waals surface area contributed by atoms with E-state index in [-0.39, 0.29) is 11.1 Å². The molecule has 1 heterocycles. The molecule has 5 nitrogen and oxygen atoms in total. The van der Waals surface area contributed by atoms with Gasteiger partial charge in [-0.3, -0.25) is 4.79 Å². The lowest BCUT2D eigenvalue weighted by Gasteiger charge is -2.16. The van der Waals surface area contributed by atoms with Crippen molar-refractivity contribution in [1.29, 1.82) is 0 Å². The van der Waals surface area contributed by atoms with E-state index >= 15 is 0 Å². The minimum atomic E-state index is -0.331. The normalized spacial score (nSPS) is 15.1. The fourth-order valence-electron chi connectivity index (χ4n) is 2.88. The number of halogens is 1. The first-order chi connectivity index (χ1) is 13.8. The third kappa shape index (κ3) is 5.64. The number of aryl methyl sites for hydroxylation is 1. The summed E-state index contributed by atoms with van der Waals surface area (Å²) in [6, 6.07) is 11.9. The average molecular weight is 475 g/mol. The van der Waals surface area contributed by atoms with Crippen LogP contribution in [-0.4, -0.2) is 24.3 Å². The van der Waals surface area contributed by atoms with E-state index < -0.39 is 0 Å². The van der Waals surface area contributed by atoms with E-state index in [1.165, 1.54) is 5.56 Å². The van der Waals surface area contributed by atoms with Crippen molar-refractivity contribution < 1.29 is 14.3 Å². The number of ether oxygens (including phenoxy) is 2. The van der Waals surface area contributed by atoms with Gasteiger partial charge in [0.15, 0.2) is 5.17 Å². The molecular formula is C22H23BrN2O3S. The summed E-state index contributed by atoms with van der Waals surface area (Å²) >= 11 is 4.62. The molecule has 152 valence electrons. The van der Waals surface area contributed by atoms with Gasteiger partial charge >= 0.3 is 0 Å². The molecule has 0 aromatic heterocycles. The molecule has 29 heavy (non-hydrogen) atoms. The fraction of sp³-hybridized carbons (Fsp3) is 0.273. The molecule has 2 aromatic rings. The molecule has 0 aliphatic carbocycles. The Labute approximate surface area is 183 Å². The van der Waals surface area contributed by atoms with Crippen LogP contribution in [0, 0.1) is 6.92 Å². The van der Waals surface area contributed by atoms with E-state index in [2.05, 4.69) is 53.0 Å². The Morgan fingerprint density at radius 3 is 2.52 bits per heavy atom. The van der Waals surface area contributed by atoms with Gasteiger partial charge in [-0.25, -0.2) is 0 Å². The number of hydrogen-bond donors (Lipinski definition) is 1. The lowest BCUT2D eigenvalue weighted by Crippen LogP contribution is -2.11. The molecule has 7 heteroatoms. The van der Waals surface area contributed by atoms with Crippen LogP contribution in [0.25, 0.3) is 6.08 Å². The second-order valence-corrected chi connectivity index (χ2v) is 8.92. The molecule has 1 amide bonds. The molecule has 2 N–H and O–H groups in total. The van der Waals surface area contributed by atoms with Crippen LogP contribution in [0.4, 0.5) is 0 Å². The number of nitrogens with zero attached hydrogens (tertiary/aromatic N) is 1. The number of nitrogens with two attached hydrogens (primary N) is 1. The highest BCUT2D eigenvalue weighted by molar-refractivity contribution is 9.10. The Bertz CT molecular complexity index is 986. The summed E-state index contributed by atoms with van der Waals surface area (Å²) in [4.78, 5) is 16.1. The summed E-state index contributed by atoms with van der Waals surface area (Å²) in [6.07, 6.45) is 1.74. The van der Waals surface area contributed by atoms with E-state index in [1.54, 1.807) is 6.08 Å². The monoisotopic (exact) mass is 474 g/mol.